The van der Waals surface area contributed by atoms with E-state index in [4.69, 9.17) is 0 Å². The molecule has 2 N–H and O–H groups in total. The molecule has 1 aliphatic rings. The van der Waals surface area contributed by atoms with Crippen molar-refractivity contribution in [3.8, 4) is 0 Å². The van der Waals surface area contributed by atoms with Crippen LogP contribution in [0.25, 0.3) is 6.08 Å². The van der Waals surface area contributed by atoms with Crippen LogP contribution in [0.15, 0.2) is 65.1 Å². The van der Waals surface area contributed by atoms with Gasteiger partial charge in [-0.1, -0.05) is 84.7 Å². The van der Waals surface area contributed by atoms with Gasteiger partial charge in [0.25, 0.3) is 0 Å². The Morgan fingerprint density at radius 1 is 1.06 bits per heavy atom. The van der Waals surface area contributed by atoms with Crippen LogP contribution < -0.4 is 10.6 Å². The second kappa shape index (κ2) is 12.6. The van der Waals surface area contributed by atoms with Crippen molar-refractivity contribution >= 4 is 39.6 Å². The van der Waals surface area contributed by atoms with Crippen molar-refractivity contribution in [2.75, 3.05) is 38.0 Å². The summed E-state index contributed by atoms with van der Waals surface area (Å²) in [4.78, 5) is 30.1. The summed E-state index contributed by atoms with van der Waals surface area (Å²) in [5, 5.41) is 5.74. The first-order valence-electron chi connectivity index (χ1n) is 11.5. The van der Waals surface area contributed by atoms with Crippen molar-refractivity contribution in [1.29, 1.82) is 0 Å². The number of carbonyl (C=O) groups is 2. The van der Waals surface area contributed by atoms with Crippen LogP contribution in [0.3, 0.4) is 0 Å². The van der Waals surface area contributed by atoms with E-state index in [0.717, 1.165) is 30.5 Å². The van der Waals surface area contributed by atoms with Crippen molar-refractivity contribution in [3.05, 3.63) is 70.7 Å². The van der Waals surface area contributed by atoms with E-state index >= 15 is 0 Å². The number of benzene rings is 2. The Kier molecular flexibility index (Phi) is 9.51. The molecule has 2 unspecified atom stereocenters. The highest BCUT2D eigenvalue weighted by atomic mass is 79.9. The molecule has 0 saturated carbocycles. The largest absolute Gasteiger partial charge is 0.338 e. The first-order chi connectivity index (χ1) is 16.0. The zero-order chi connectivity index (χ0) is 23.6. The van der Waals surface area contributed by atoms with Gasteiger partial charge < -0.3 is 15.5 Å². The molecule has 1 heterocycles. The lowest BCUT2D eigenvalue weighted by Crippen LogP contribution is -2.57. The monoisotopic (exact) mass is 512 g/mol. The number of nitrogens with one attached hydrogen (secondary N) is 2. The van der Waals surface area contributed by atoms with E-state index in [0.29, 0.717) is 18.8 Å². The average molecular weight is 513 g/mol. The molecule has 0 spiro atoms. The molecule has 2 aromatic rings. The summed E-state index contributed by atoms with van der Waals surface area (Å²) in [5.74, 6) is 0.0332. The molecule has 176 valence electrons. The molecular weight excluding hydrogens is 480 g/mol. The fraction of sp³-hybridized carbons (Fsp3) is 0.385. The van der Waals surface area contributed by atoms with Gasteiger partial charge in [-0.15, -0.1) is 0 Å². The van der Waals surface area contributed by atoms with Gasteiger partial charge in [-0.25, -0.2) is 4.79 Å². The van der Waals surface area contributed by atoms with Crippen molar-refractivity contribution in [2.24, 2.45) is 5.92 Å². The van der Waals surface area contributed by atoms with E-state index in [1.165, 1.54) is 5.56 Å². The predicted molar refractivity (Wildman–Crippen MR) is 138 cm³/mol. The fourth-order valence-electron chi connectivity index (χ4n) is 3.81. The molecule has 7 heteroatoms. The molecule has 0 aromatic heterocycles. The molecule has 33 heavy (non-hydrogen) atoms. The van der Waals surface area contributed by atoms with Crippen LogP contribution in [0, 0.1) is 5.92 Å². The highest BCUT2D eigenvalue weighted by Gasteiger charge is 2.31. The number of anilines is 1. The Labute approximate surface area is 205 Å². The molecule has 2 atom stereocenters. The third-order valence-corrected chi connectivity index (χ3v) is 6.50. The molecule has 3 rings (SSSR count). The number of halogens is 1. The standard InChI is InChI=1S/C26H33BrN4O2/c1-3-20(2)24(29-26(33)28-23-13-7-12-22(27)19-23)25(32)31-17-15-30(16-18-31)14-8-11-21-9-5-4-6-10-21/h4-13,19-20,24H,3,14-18H2,1-2H3,(H2,28,29,33)/b11-8+. The minimum atomic E-state index is -0.549. The van der Waals surface area contributed by atoms with Crippen molar-refractivity contribution in [1.82, 2.24) is 15.1 Å². The van der Waals surface area contributed by atoms with Gasteiger partial charge in [0.05, 0.1) is 0 Å². The van der Waals surface area contributed by atoms with Gasteiger partial charge >= 0.3 is 6.03 Å². The number of urea groups is 1. The Hall–Kier alpha value is -2.64. The van der Waals surface area contributed by atoms with E-state index in [2.05, 4.69) is 55.7 Å². The van der Waals surface area contributed by atoms with Crippen LogP contribution in [0.4, 0.5) is 10.5 Å². The van der Waals surface area contributed by atoms with Crippen LogP contribution in [0.1, 0.15) is 25.8 Å². The Morgan fingerprint density at radius 2 is 1.79 bits per heavy atom. The van der Waals surface area contributed by atoms with Gasteiger partial charge in [0, 0.05) is 42.9 Å². The molecule has 1 fully saturated rings. The Morgan fingerprint density at radius 3 is 2.45 bits per heavy atom. The molecule has 0 aliphatic carbocycles. The summed E-state index contributed by atoms with van der Waals surface area (Å²) >= 11 is 3.40. The number of hydrogen-bond acceptors (Lipinski definition) is 3. The van der Waals surface area contributed by atoms with Gasteiger partial charge in [-0.2, -0.15) is 0 Å². The van der Waals surface area contributed by atoms with Gasteiger partial charge in [0.2, 0.25) is 5.91 Å². The minimum absolute atomic E-state index is 0.00628. The average Bonchev–Trinajstić information content (AvgIpc) is 2.83. The van der Waals surface area contributed by atoms with Gasteiger partial charge in [-0.05, 0) is 29.7 Å². The summed E-state index contributed by atoms with van der Waals surface area (Å²) in [7, 11) is 0. The second-order valence-corrected chi connectivity index (χ2v) is 9.33. The number of rotatable bonds is 8. The normalized spacial score (nSPS) is 16.4. The van der Waals surface area contributed by atoms with Crippen LogP contribution in [-0.4, -0.2) is 60.5 Å². The summed E-state index contributed by atoms with van der Waals surface area (Å²) in [6.07, 6.45) is 5.10. The van der Waals surface area contributed by atoms with E-state index in [-0.39, 0.29) is 17.9 Å². The highest BCUT2D eigenvalue weighted by Crippen LogP contribution is 2.17. The SMILES string of the molecule is CCC(C)C(NC(=O)Nc1cccc(Br)c1)C(=O)N1CCN(C/C=C/c2ccccc2)CC1. The van der Waals surface area contributed by atoms with Crippen molar-refractivity contribution in [3.63, 3.8) is 0 Å². The van der Waals surface area contributed by atoms with Crippen molar-refractivity contribution < 1.29 is 9.59 Å². The first-order valence-corrected chi connectivity index (χ1v) is 12.3. The summed E-state index contributed by atoms with van der Waals surface area (Å²) in [5.41, 5.74) is 1.87. The third-order valence-electron chi connectivity index (χ3n) is 6.01. The molecule has 1 aliphatic heterocycles. The molecule has 3 amide bonds. The van der Waals surface area contributed by atoms with Crippen LogP contribution in [0.5, 0.6) is 0 Å². The molecular formula is C26H33BrN4O2. The molecule has 6 nitrogen and oxygen atoms in total. The first kappa shape index (κ1) is 25.0. The molecule has 0 radical (unpaired) electrons. The minimum Gasteiger partial charge on any atom is -0.338 e. The van der Waals surface area contributed by atoms with E-state index < -0.39 is 6.04 Å². The lowest BCUT2D eigenvalue weighted by Gasteiger charge is -2.37. The van der Waals surface area contributed by atoms with Gasteiger partial charge in [0.15, 0.2) is 0 Å². The summed E-state index contributed by atoms with van der Waals surface area (Å²) < 4.78 is 0.881. The van der Waals surface area contributed by atoms with Crippen molar-refractivity contribution in [2.45, 2.75) is 26.3 Å². The predicted octanol–water partition coefficient (Wildman–Crippen LogP) is 4.84. The second-order valence-electron chi connectivity index (χ2n) is 8.41. The summed E-state index contributed by atoms with van der Waals surface area (Å²) in [6.45, 7) is 7.88. The lowest BCUT2D eigenvalue weighted by atomic mass is 9.97. The van der Waals surface area contributed by atoms with Gasteiger partial charge in [0.1, 0.15) is 6.04 Å². The highest BCUT2D eigenvalue weighted by molar-refractivity contribution is 9.10. The molecule has 2 aromatic carbocycles. The van der Waals surface area contributed by atoms with E-state index in [1.54, 1.807) is 0 Å². The topological polar surface area (TPSA) is 64.7 Å². The molecule has 0 bridgehead atoms. The maximum atomic E-state index is 13.3. The maximum absolute atomic E-state index is 13.3. The van der Waals surface area contributed by atoms with E-state index in [1.807, 2.05) is 61.2 Å². The fourth-order valence-corrected chi connectivity index (χ4v) is 4.21. The number of piperazine rings is 1. The number of hydrogen-bond donors (Lipinski definition) is 2. The number of carbonyl (C=O) groups excluding carboxylic acids is 2. The number of amides is 3. The van der Waals surface area contributed by atoms with E-state index in [9.17, 15) is 9.59 Å². The molecule has 1 saturated heterocycles. The summed E-state index contributed by atoms with van der Waals surface area (Å²) in [6, 6.07) is 16.7. The quantitative estimate of drug-likeness (QED) is 0.531. The Bertz CT molecular complexity index is 942. The maximum Gasteiger partial charge on any atom is 0.319 e. The third kappa shape index (κ3) is 7.72. The smallest absolute Gasteiger partial charge is 0.319 e. The van der Waals surface area contributed by atoms with Crippen LogP contribution >= 0.6 is 15.9 Å². The van der Waals surface area contributed by atoms with Crippen LogP contribution in [0.2, 0.25) is 0 Å². The number of nitrogens with zero attached hydrogens (tertiary/aromatic N) is 2. The zero-order valence-corrected chi connectivity index (χ0v) is 20.9. The lowest BCUT2D eigenvalue weighted by molar-refractivity contribution is -0.136. The zero-order valence-electron chi connectivity index (χ0n) is 19.3. The van der Waals surface area contributed by atoms with Gasteiger partial charge in [-0.3, -0.25) is 9.69 Å². The Balaban J connectivity index is 1.52. The van der Waals surface area contributed by atoms with Crippen LogP contribution in [-0.2, 0) is 4.79 Å².